The van der Waals surface area contributed by atoms with Crippen LogP contribution >= 0.6 is 11.3 Å². The Morgan fingerprint density at radius 3 is 2.35 bits per heavy atom. The third-order valence-corrected chi connectivity index (χ3v) is 8.25. The Balaban J connectivity index is 1.36. The molecule has 0 saturated heterocycles. The van der Waals surface area contributed by atoms with Crippen molar-refractivity contribution in [3.63, 3.8) is 0 Å². The number of halogens is 2. The van der Waals surface area contributed by atoms with Crippen LogP contribution in [-0.4, -0.2) is 24.3 Å². The predicted octanol–water partition coefficient (Wildman–Crippen LogP) is 8.10. The summed E-state index contributed by atoms with van der Waals surface area (Å²) in [5.74, 6) is -0.710. The van der Waals surface area contributed by atoms with E-state index in [0.717, 1.165) is 33.6 Å². The molecule has 1 amide bonds. The molecule has 206 valence electrons. The lowest BCUT2D eigenvalue weighted by Gasteiger charge is -2.17. The second-order valence-electron chi connectivity index (χ2n) is 9.85. The molecule has 0 aliphatic heterocycles. The SMILES string of the molecule is COc1cc(-c2sc(F)cc2NC(=O)OC(C)c2cc(F)ccc2C)ccc1-c1ccc(C2(C(=O)O)CC2)cc1. The average molecular weight is 564 g/mol. The second kappa shape index (κ2) is 10.7. The molecule has 1 aromatic heterocycles. The number of methoxy groups -OCH3 is 1. The normalized spacial score (nSPS) is 14.3. The highest BCUT2D eigenvalue weighted by Gasteiger charge is 2.51. The Hall–Kier alpha value is -4.24. The minimum atomic E-state index is -0.808. The fraction of sp³-hybridized carbons (Fsp3) is 0.226. The molecular weight excluding hydrogens is 536 g/mol. The van der Waals surface area contributed by atoms with Crippen molar-refractivity contribution < 1.29 is 33.0 Å². The van der Waals surface area contributed by atoms with Gasteiger partial charge in [-0.3, -0.25) is 10.1 Å². The van der Waals surface area contributed by atoms with Crippen molar-refractivity contribution in [3.8, 4) is 27.3 Å². The zero-order chi connectivity index (χ0) is 28.6. The molecule has 9 heteroatoms. The number of thiophene rings is 1. The van der Waals surface area contributed by atoms with Crippen LogP contribution in [0.25, 0.3) is 21.6 Å². The van der Waals surface area contributed by atoms with Crippen LogP contribution in [0.2, 0.25) is 0 Å². The van der Waals surface area contributed by atoms with E-state index in [9.17, 15) is 23.5 Å². The van der Waals surface area contributed by atoms with Crippen molar-refractivity contribution in [2.24, 2.45) is 0 Å². The lowest BCUT2D eigenvalue weighted by atomic mass is 9.93. The highest BCUT2D eigenvalue weighted by atomic mass is 32.1. The number of benzene rings is 3. The van der Waals surface area contributed by atoms with Crippen LogP contribution in [0.3, 0.4) is 0 Å². The number of carboxylic acid groups (broad SMARTS) is 1. The molecule has 5 rings (SSSR count). The number of carbonyl (C=O) groups excluding carboxylic acids is 1. The van der Waals surface area contributed by atoms with Crippen molar-refractivity contribution in [1.29, 1.82) is 0 Å². The summed E-state index contributed by atoms with van der Waals surface area (Å²) in [6.45, 7) is 3.43. The fourth-order valence-corrected chi connectivity index (χ4v) is 5.71. The van der Waals surface area contributed by atoms with E-state index >= 15 is 0 Å². The third-order valence-electron chi connectivity index (χ3n) is 7.27. The van der Waals surface area contributed by atoms with Gasteiger partial charge in [0.1, 0.15) is 17.7 Å². The van der Waals surface area contributed by atoms with Crippen LogP contribution in [-0.2, 0) is 14.9 Å². The smallest absolute Gasteiger partial charge is 0.412 e. The maximum absolute atomic E-state index is 14.4. The highest BCUT2D eigenvalue weighted by molar-refractivity contribution is 7.14. The summed E-state index contributed by atoms with van der Waals surface area (Å²) in [4.78, 5) is 24.8. The van der Waals surface area contributed by atoms with Gasteiger partial charge in [0.15, 0.2) is 5.13 Å². The van der Waals surface area contributed by atoms with Gasteiger partial charge >= 0.3 is 12.1 Å². The van der Waals surface area contributed by atoms with E-state index in [1.807, 2.05) is 30.3 Å². The zero-order valence-electron chi connectivity index (χ0n) is 22.1. The van der Waals surface area contributed by atoms with Crippen LogP contribution in [0.15, 0.2) is 66.7 Å². The van der Waals surface area contributed by atoms with E-state index in [4.69, 9.17) is 9.47 Å². The molecule has 3 aromatic carbocycles. The summed E-state index contributed by atoms with van der Waals surface area (Å²) < 4.78 is 39.2. The van der Waals surface area contributed by atoms with Crippen LogP contribution < -0.4 is 10.1 Å². The van der Waals surface area contributed by atoms with Crippen molar-refractivity contribution >= 4 is 29.1 Å². The number of amides is 1. The molecule has 4 aromatic rings. The fourth-order valence-electron chi connectivity index (χ4n) is 4.87. The van der Waals surface area contributed by atoms with Crippen LogP contribution in [0.4, 0.5) is 19.3 Å². The molecule has 1 saturated carbocycles. The Labute approximate surface area is 234 Å². The van der Waals surface area contributed by atoms with Gasteiger partial charge in [-0.2, -0.15) is 4.39 Å². The van der Waals surface area contributed by atoms with Gasteiger partial charge in [0.2, 0.25) is 0 Å². The van der Waals surface area contributed by atoms with Crippen LogP contribution in [0, 0.1) is 17.9 Å². The number of aliphatic carboxylic acids is 1. The van der Waals surface area contributed by atoms with Crippen LogP contribution in [0.5, 0.6) is 5.75 Å². The molecule has 1 fully saturated rings. The summed E-state index contributed by atoms with van der Waals surface area (Å²) in [5, 5.41) is 11.7. The van der Waals surface area contributed by atoms with E-state index in [1.54, 1.807) is 32.0 Å². The summed E-state index contributed by atoms with van der Waals surface area (Å²) in [6, 6.07) is 18.3. The Morgan fingerprint density at radius 2 is 1.70 bits per heavy atom. The number of ether oxygens (including phenoxy) is 2. The predicted molar refractivity (Wildman–Crippen MR) is 150 cm³/mol. The number of hydrogen-bond donors (Lipinski definition) is 2. The Kier molecular flexibility index (Phi) is 7.33. The first kappa shape index (κ1) is 27.3. The first-order valence-electron chi connectivity index (χ1n) is 12.7. The Bertz CT molecular complexity index is 1590. The Morgan fingerprint density at radius 1 is 1.00 bits per heavy atom. The van der Waals surface area contributed by atoms with E-state index in [2.05, 4.69) is 5.32 Å². The van der Waals surface area contributed by atoms with E-state index < -0.39 is 34.5 Å². The van der Waals surface area contributed by atoms with Gasteiger partial charge < -0.3 is 14.6 Å². The van der Waals surface area contributed by atoms with Crippen molar-refractivity contribution in [3.05, 3.63) is 94.4 Å². The monoisotopic (exact) mass is 563 g/mol. The summed E-state index contributed by atoms with van der Waals surface area (Å²) in [7, 11) is 1.53. The number of hydrogen-bond acceptors (Lipinski definition) is 5. The first-order chi connectivity index (χ1) is 19.1. The van der Waals surface area contributed by atoms with Gasteiger partial charge in [-0.1, -0.05) is 42.5 Å². The lowest BCUT2D eigenvalue weighted by molar-refractivity contribution is -0.140. The van der Waals surface area contributed by atoms with Crippen molar-refractivity contribution in [2.75, 3.05) is 12.4 Å². The zero-order valence-corrected chi connectivity index (χ0v) is 22.9. The molecule has 1 aliphatic rings. The second-order valence-corrected chi connectivity index (χ2v) is 10.8. The maximum Gasteiger partial charge on any atom is 0.412 e. The highest BCUT2D eigenvalue weighted by Crippen LogP contribution is 2.49. The van der Waals surface area contributed by atoms with E-state index in [1.165, 1.54) is 25.3 Å². The molecule has 0 spiro atoms. The van der Waals surface area contributed by atoms with Gasteiger partial charge in [-0.25, -0.2) is 9.18 Å². The van der Waals surface area contributed by atoms with E-state index in [0.29, 0.717) is 34.6 Å². The number of nitrogens with one attached hydrogen (secondary N) is 1. The number of carboxylic acids is 1. The van der Waals surface area contributed by atoms with Gasteiger partial charge in [-0.05, 0) is 72.7 Å². The molecule has 1 heterocycles. The largest absolute Gasteiger partial charge is 0.496 e. The lowest BCUT2D eigenvalue weighted by Crippen LogP contribution is -2.19. The molecular formula is C31H27F2NO5S. The minimum absolute atomic E-state index is 0.234. The number of rotatable bonds is 8. The number of carbonyl (C=O) groups is 2. The molecule has 6 nitrogen and oxygen atoms in total. The first-order valence-corrected chi connectivity index (χ1v) is 13.5. The molecule has 1 unspecified atom stereocenters. The number of aryl methyl sites for hydroxylation is 1. The van der Waals surface area contributed by atoms with Gasteiger partial charge in [-0.15, -0.1) is 11.3 Å². The average Bonchev–Trinajstić information content (AvgIpc) is 3.67. The maximum atomic E-state index is 14.4. The van der Waals surface area contributed by atoms with Gasteiger partial charge in [0, 0.05) is 11.6 Å². The van der Waals surface area contributed by atoms with E-state index in [-0.39, 0.29) is 5.69 Å². The molecule has 40 heavy (non-hydrogen) atoms. The topological polar surface area (TPSA) is 84.9 Å². The molecule has 1 aliphatic carbocycles. The van der Waals surface area contributed by atoms with Crippen molar-refractivity contribution in [1.82, 2.24) is 0 Å². The summed E-state index contributed by atoms with van der Waals surface area (Å²) in [5.41, 5.74) is 3.79. The van der Waals surface area contributed by atoms with Gasteiger partial charge in [0.25, 0.3) is 0 Å². The summed E-state index contributed by atoms with van der Waals surface area (Å²) in [6.07, 6.45) is -0.262. The quantitative estimate of drug-likeness (QED) is 0.226. The molecule has 2 N–H and O–H groups in total. The van der Waals surface area contributed by atoms with Crippen molar-refractivity contribution in [2.45, 2.75) is 38.2 Å². The third kappa shape index (κ3) is 5.29. The number of anilines is 1. The van der Waals surface area contributed by atoms with Gasteiger partial charge in [0.05, 0.1) is 23.1 Å². The standard InChI is InChI=1S/C31H27F2NO5S/c1-17-4-10-22(32)15-24(17)18(2)39-30(37)34-25-16-27(33)40-28(25)20-7-11-23(26(14-20)38-3)19-5-8-21(9-6-19)31(12-13-31)29(35)36/h4-11,14-16,18H,12-13H2,1-3H3,(H,34,37)(H,35,36). The molecule has 0 radical (unpaired) electrons. The molecule has 1 atom stereocenters. The van der Waals surface area contributed by atoms with Crippen LogP contribution in [0.1, 0.15) is 42.6 Å². The minimum Gasteiger partial charge on any atom is -0.496 e. The summed E-state index contributed by atoms with van der Waals surface area (Å²) >= 11 is 0.867. The molecule has 0 bridgehead atoms.